The molecule has 146 valence electrons. The molecule has 0 nitrogen and oxygen atoms in total. The summed E-state index contributed by atoms with van der Waals surface area (Å²) in [6.07, 6.45) is 0. The fraction of sp³-hybridized carbons (Fsp3) is 0.111. The van der Waals surface area contributed by atoms with E-state index in [0.29, 0.717) is 13.4 Å². The van der Waals surface area contributed by atoms with Crippen molar-refractivity contribution < 1.29 is 0 Å². The van der Waals surface area contributed by atoms with Crippen molar-refractivity contribution in [2.45, 2.75) is 40.4 Å². The molecule has 0 atom stereocenters. The highest BCUT2D eigenvalue weighted by Crippen LogP contribution is 2.38. The molecule has 0 amide bonds. The molecule has 4 heteroatoms. The van der Waals surface area contributed by atoms with Gasteiger partial charge in [-0.25, -0.2) is 0 Å². The van der Waals surface area contributed by atoms with Crippen LogP contribution in [0.25, 0.3) is 0 Å². The van der Waals surface area contributed by atoms with Gasteiger partial charge in [0.05, 0.1) is 0 Å². The molecule has 0 saturated heterocycles. The van der Waals surface area contributed by atoms with E-state index in [1.165, 1.54) is 58.1 Å². The van der Waals surface area contributed by atoms with Gasteiger partial charge in [0.2, 0.25) is 13.4 Å². The molecule has 3 heterocycles. The lowest BCUT2D eigenvalue weighted by atomic mass is 9.20. The third-order valence-corrected chi connectivity index (χ3v) is 9.48. The van der Waals surface area contributed by atoms with Gasteiger partial charge < -0.3 is 0 Å². The first-order chi connectivity index (χ1) is 15.1. The summed E-state index contributed by atoms with van der Waals surface area (Å²) in [5.41, 5.74) is 13.3. The number of hydrogen-bond acceptors (Lipinski definition) is 2. The third-order valence-electron chi connectivity index (χ3n) is 7.18. The van der Waals surface area contributed by atoms with Crippen molar-refractivity contribution in [2.24, 2.45) is 0 Å². The first-order valence-electron chi connectivity index (χ1n) is 10.9. The fourth-order valence-corrected chi connectivity index (χ4v) is 8.69. The Morgan fingerprint density at radius 2 is 0.968 bits per heavy atom. The van der Waals surface area contributed by atoms with Crippen LogP contribution in [0, 0.1) is 20.8 Å². The van der Waals surface area contributed by atoms with E-state index in [4.69, 9.17) is 0 Å². The molecule has 4 aromatic carbocycles. The molecule has 0 aromatic heterocycles. The SMILES string of the molecule is Cc1cc(C)c(B2c3cccc4c3B3c5c(cccc5Sc5cccc2c53)S4)c(C)c1. The Bertz CT molecular complexity index is 1340. The van der Waals surface area contributed by atoms with E-state index in [1.54, 1.807) is 10.9 Å². The molecule has 3 aliphatic rings. The summed E-state index contributed by atoms with van der Waals surface area (Å²) in [4.78, 5) is 5.74. The largest absolute Gasteiger partial charge is 0.245 e. The van der Waals surface area contributed by atoms with Crippen molar-refractivity contribution in [3.63, 3.8) is 0 Å². The summed E-state index contributed by atoms with van der Waals surface area (Å²) in [5, 5.41) is 0. The molecule has 0 bridgehead atoms. The van der Waals surface area contributed by atoms with Gasteiger partial charge in [-0.2, -0.15) is 0 Å². The lowest BCUT2D eigenvalue weighted by Crippen LogP contribution is -2.77. The maximum Gasteiger partial charge on any atom is 0.245 e. The van der Waals surface area contributed by atoms with Crippen LogP contribution in [0.1, 0.15) is 16.7 Å². The van der Waals surface area contributed by atoms with Crippen molar-refractivity contribution in [1.29, 1.82) is 0 Å². The average Bonchev–Trinajstić information content (AvgIpc) is 2.75. The molecular weight excluding hydrogens is 410 g/mol. The molecule has 3 aliphatic heterocycles. The highest BCUT2D eigenvalue weighted by Gasteiger charge is 2.47. The van der Waals surface area contributed by atoms with Crippen LogP contribution in [0.2, 0.25) is 0 Å². The van der Waals surface area contributed by atoms with Crippen LogP contribution in [-0.4, -0.2) is 13.4 Å². The summed E-state index contributed by atoms with van der Waals surface area (Å²) in [6, 6.07) is 25.6. The summed E-state index contributed by atoms with van der Waals surface area (Å²) >= 11 is 3.93. The van der Waals surface area contributed by atoms with Gasteiger partial charge in [0.15, 0.2) is 0 Å². The van der Waals surface area contributed by atoms with Gasteiger partial charge in [-0.1, -0.05) is 110 Å². The van der Waals surface area contributed by atoms with E-state index < -0.39 is 0 Å². The molecule has 31 heavy (non-hydrogen) atoms. The molecule has 0 radical (unpaired) electrons. The smallest absolute Gasteiger partial charge is 0.0912 e. The van der Waals surface area contributed by atoms with E-state index in [-0.39, 0.29) is 0 Å². The summed E-state index contributed by atoms with van der Waals surface area (Å²) in [6.45, 7) is 7.47. The van der Waals surface area contributed by atoms with Crippen LogP contribution in [-0.2, 0) is 0 Å². The maximum absolute atomic E-state index is 2.40. The van der Waals surface area contributed by atoms with Crippen molar-refractivity contribution >= 4 is 69.7 Å². The van der Waals surface area contributed by atoms with Gasteiger partial charge >= 0.3 is 0 Å². The quantitative estimate of drug-likeness (QED) is 0.368. The number of aryl methyl sites for hydroxylation is 3. The zero-order valence-corrected chi connectivity index (χ0v) is 19.5. The number of hydrogen-bond donors (Lipinski definition) is 0. The van der Waals surface area contributed by atoms with Gasteiger partial charge in [0.1, 0.15) is 0 Å². The molecule has 0 unspecified atom stereocenters. The second-order valence-electron chi connectivity index (χ2n) is 9.07. The Balaban J connectivity index is 1.62. The minimum absolute atomic E-state index is 0.301. The predicted molar refractivity (Wildman–Crippen MR) is 138 cm³/mol. The molecule has 7 rings (SSSR count). The lowest BCUT2D eigenvalue weighted by Gasteiger charge is -2.41. The molecule has 4 aromatic rings. The second kappa shape index (κ2) is 6.37. The van der Waals surface area contributed by atoms with Gasteiger partial charge in [0, 0.05) is 19.6 Å². The van der Waals surface area contributed by atoms with Crippen LogP contribution >= 0.6 is 23.5 Å². The van der Waals surface area contributed by atoms with Gasteiger partial charge in [0.25, 0.3) is 0 Å². The van der Waals surface area contributed by atoms with E-state index in [1.807, 2.05) is 23.5 Å². The highest BCUT2D eigenvalue weighted by molar-refractivity contribution is 8.01. The second-order valence-corrected chi connectivity index (χ2v) is 11.2. The van der Waals surface area contributed by atoms with Crippen molar-refractivity contribution in [1.82, 2.24) is 0 Å². The fourth-order valence-electron chi connectivity index (χ4n) is 6.20. The monoisotopic (exact) mass is 430 g/mol. The molecular formula is C27H20B2S2. The van der Waals surface area contributed by atoms with Gasteiger partial charge in [-0.05, 0) is 50.5 Å². The van der Waals surface area contributed by atoms with Crippen LogP contribution in [0.15, 0.2) is 86.3 Å². The molecule has 0 N–H and O–H groups in total. The van der Waals surface area contributed by atoms with Crippen LogP contribution < -0.4 is 32.8 Å². The van der Waals surface area contributed by atoms with Crippen LogP contribution in [0.3, 0.4) is 0 Å². The van der Waals surface area contributed by atoms with Crippen LogP contribution in [0.4, 0.5) is 0 Å². The average molecular weight is 430 g/mol. The number of rotatable bonds is 1. The third kappa shape index (κ3) is 2.38. The van der Waals surface area contributed by atoms with E-state index in [9.17, 15) is 0 Å². The lowest BCUT2D eigenvalue weighted by molar-refractivity contribution is 1.33. The molecule has 0 aliphatic carbocycles. The first kappa shape index (κ1) is 18.3. The Morgan fingerprint density at radius 3 is 1.48 bits per heavy atom. The van der Waals surface area contributed by atoms with Crippen molar-refractivity contribution in [3.8, 4) is 0 Å². The van der Waals surface area contributed by atoms with E-state index in [2.05, 4.69) is 87.5 Å². The van der Waals surface area contributed by atoms with Gasteiger partial charge in [-0.3, -0.25) is 0 Å². The Labute approximate surface area is 193 Å². The molecule has 0 fully saturated rings. The molecule has 0 saturated carbocycles. The van der Waals surface area contributed by atoms with E-state index >= 15 is 0 Å². The summed E-state index contributed by atoms with van der Waals surface area (Å²) in [7, 11) is 0. The minimum Gasteiger partial charge on any atom is -0.0912 e. The topological polar surface area (TPSA) is 0 Å². The normalized spacial score (nSPS) is 14.5. The maximum atomic E-state index is 2.40. The van der Waals surface area contributed by atoms with Crippen molar-refractivity contribution in [2.75, 3.05) is 0 Å². The first-order valence-corrected chi connectivity index (χ1v) is 12.6. The van der Waals surface area contributed by atoms with Crippen LogP contribution in [0.5, 0.6) is 0 Å². The summed E-state index contributed by atoms with van der Waals surface area (Å²) < 4.78 is 0. The Kier molecular flexibility index (Phi) is 3.76. The van der Waals surface area contributed by atoms with Gasteiger partial charge in [-0.15, -0.1) is 0 Å². The van der Waals surface area contributed by atoms with Crippen molar-refractivity contribution in [3.05, 3.63) is 83.4 Å². The zero-order chi connectivity index (χ0) is 20.9. The zero-order valence-electron chi connectivity index (χ0n) is 17.8. The minimum atomic E-state index is 0.301. The Hall–Kier alpha value is -2.29. The summed E-state index contributed by atoms with van der Waals surface area (Å²) in [5.74, 6) is 0. The Morgan fingerprint density at radius 1 is 0.516 bits per heavy atom. The van der Waals surface area contributed by atoms with E-state index in [0.717, 1.165) is 0 Å². The molecule has 0 spiro atoms. The highest BCUT2D eigenvalue weighted by atomic mass is 32.2. The standard InChI is InChI=1S/C27H20B2S2/c1-15-13-16(2)24(17(3)14-15)28-18-7-4-9-20-25(18)29-26-19(28)8-5-10-21(26)31-23-12-6-11-22(30-20)27(23)29/h4-14H,1-3H3. The predicted octanol–water partition coefficient (Wildman–Crippen LogP) is 2.89. The number of benzene rings is 4.